The number of carbonyl (C=O) groups excluding carboxylic acids is 5. The number of ether oxygens (including phenoxy) is 6. The van der Waals surface area contributed by atoms with Crippen LogP contribution in [0.15, 0.2) is 71.8 Å². The van der Waals surface area contributed by atoms with Crippen LogP contribution in [-0.2, 0) is 42.8 Å². The van der Waals surface area contributed by atoms with Crippen molar-refractivity contribution < 1.29 is 67.7 Å². The molecular weight excluding hydrogens is 790 g/mol. The average Bonchev–Trinajstić information content (AvgIpc) is 3.47. The van der Waals surface area contributed by atoms with Crippen LogP contribution in [0.5, 0.6) is 0 Å². The van der Waals surface area contributed by atoms with Crippen LogP contribution in [-0.4, -0.2) is 116 Å². The van der Waals surface area contributed by atoms with Gasteiger partial charge in [0, 0.05) is 25.2 Å². The summed E-state index contributed by atoms with van der Waals surface area (Å²) in [7, 11) is 0. The fraction of sp³-hybridized carbons (Fsp3) is 0.587. The first kappa shape index (κ1) is 44.4. The van der Waals surface area contributed by atoms with E-state index in [2.05, 4.69) is 0 Å². The Hall–Kier alpha value is -4.67. The van der Waals surface area contributed by atoms with Crippen molar-refractivity contribution in [1.29, 1.82) is 0 Å². The van der Waals surface area contributed by atoms with E-state index >= 15 is 4.79 Å². The fourth-order valence-corrected chi connectivity index (χ4v) is 10.7. The van der Waals surface area contributed by atoms with Gasteiger partial charge in [0.2, 0.25) is 0 Å². The summed E-state index contributed by atoms with van der Waals surface area (Å²) < 4.78 is 36.8. The Kier molecular flexibility index (Phi) is 10.9. The van der Waals surface area contributed by atoms with Gasteiger partial charge < -0.3 is 43.7 Å². The normalized spacial score (nSPS) is 36.3. The zero-order chi connectivity index (χ0) is 44.8. The standard InChI is InChI=1S/C46H57NO14/c1-24-28(57-39(53)34-32(26-17-13-11-14-18-26)47(43(8,9)60-34)40(54)61-41(3,4)5)22-46(55)37(58-38(52)27-19-15-12-16-20-27)35-44(10,36(51)33(50)31(24)42(46,6)7)29(49)21-30-45(35,23-56-30)59-25(2)48/h11-20,28-30,32-35,37,49-50,55H,21-23H2,1-10H3/t28-,29-,30+,32+,33+,34+,35-,37-,44+,45-,46+/m0/s1. The Morgan fingerprint density at radius 2 is 1.51 bits per heavy atom. The fourth-order valence-electron chi connectivity index (χ4n) is 10.7. The van der Waals surface area contributed by atoms with E-state index in [0.29, 0.717) is 5.56 Å². The Morgan fingerprint density at radius 1 is 0.902 bits per heavy atom. The van der Waals surface area contributed by atoms with E-state index in [1.165, 1.54) is 30.9 Å². The molecule has 0 spiro atoms. The lowest BCUT2D eigenvalue weighted by molar-refractivity contribution is -0.346. The molecule has 2 bridgehead atoms. The Balaban J connectivity index is 1.37. The SMILES string of the molecule is CC(=O)O[C@@]12CO[C@@H]1C[C@H](O)[C@@]1(C)C(=O)[C@H](O)C3=C(C)[C@@H](OC(=O)[C@@H]4OC(C)(C)N(C(=O)OC(C)(C)C)[C@@H]4c4ccccc4)C[C@@](O)([C@@H](OC(=O)c4ccccc4)[C@H]21)C3(C)C. The second-order valence-corrected chi connectivity index (χ2v) is 19.3. The summed E-state index contributed by atoms with van der Waals surface area (Å²) >= 11 is 0. The van der Waals surface area contributed by atoms with E-state index in [0.717, 1.165) is 0 Å². The topological polar surface area (TPSA) is 205 Å². The predicted octanol–water partition coefficient (Wildman–Crippen LogP) is 4.75. The summed E-state index contributed by atoms with van der Waals surface area (Å²) in [6.45, 7) is 15.5. The summed E-state index contributed by atoms with van der Waals surface area (Å²) in [5, 5.41) is 37.9. The maximum atomic E-state index is 15.1. The van der Waals surface area contributed by atoms with Crippen molar-refractivity contribution in [3.05, 3.63) is 82.9 Å². The lowest BCUT2D eigenvalue weighted by Gasteiger charge is -2.67. The zero-order valence-electron chi connectivity index (χ0n) is 36.3. The molecule has 15 nitrogen and oxygen atoms in total. The van der Waals surface area contributed by atoms with Crippen LogP contribution in [0.2, 0.25) is 0 Å². The number of esters is 3. The summed E-state index contributed by atoms with van der Waals surface area (Å²) in [4.78, 5) is 72.2. The largest absolute Gasteiger partial charge is 0.456 e. The molecular formula is C46H57NO14. The van der Waals surface area contributed by atoms with E-state index in [9.17, 15) is 34.5 Å². The lowest BCUT2D eigenvalue weighted by Crippen LogP contribution is -2.81. The molecule has 1 amide bonds. The van der Waals surface area contributed by atoms with Crippen LogP contribution in [0.25, 0.3) is 0 Å². The molecule has 2 heterocycles. The van der Waals surface area contributed by atoms with Crippen molar-refractivity contribution in [1.82, 2.24) is 4.90 Å². The number of ketones is 1. The molecule has 330 valence electrons. The maximum Gasteiger partial charge on any atom is 0.413 e. The highest BCUT2D eigenvalue weighted by molar-refractivity contribution is 5.94. The Bertz CT molecular complexity index is 2130. The Labute approximate surface area is 355 Å². The number of carbonyl (C=O) groups is 5. The van der Waals surface area contributed by atoms with Crippen molar-refractivity contribution in [3.63, 3.8) is 0 Å². The summed E-state index contributed by atoms with van der Waals surface area (Å²) in [5.41, 5.74) is -9.03. The maximum absolute atomic E-state index is 15.1. The van der Waals surface area contributed by atoms with Gasteiger partial charge in [-0.3, -0.25) is 14.5 Å². The van der Waals surface area contributed by atoms with Gasteiger partial charge in [0.05, 0.1) is 29.6 Å². The minimum absolute atomic E-state index is 0.00661. The van der Waals surface area contributed by atoms with E-state index in [1.54, 1.807) is 104 Å². The van der Waals surface area contributed by atoms with Crippen LogP contribution in [0.1, 0.15) is 104 Å². The summed E-state index contributed by atoms with van der Waals surface area (Å²) in [6.07, 6.45) is -10.4. The van der Waals surface area contributed by atoms with E-state index in [-0.39, 0.29) is 29.7 Å². The van der Waals surface area contributed by atoms with Gasteiger partial charge in [-0.25, -0.2) is 14.4 Å². The molecule has 4 fully saturated rings. The molecule has 3 aliphatic carbocycles. The molecule has 15 heteroatoms. The number of hydrogen-bond acceptors (Lipinski definition) is 14. The van der Waals surface area contributed by atoms with Gasteiger partial charge in [-0.1, -0.05) is 62.4 Å². The summed E-state index contributed by atoms with van der Waals surface area (Å²) in [5.74, 6) is -4.95. The average molecular weight is 848 g/mol. The van der Waals surface area contributed by atoms with Crippen molar-refractivity contribution in [2.45, 2.75) is 147 Å². The van der Waals surface area contributed by atoms with Crippen molar-refractivity contribution >= 4 is 29.8 Å². The molecule has 7 rings (SSSR count). The molecule has 0 aromatic heterocycles. The predicted molar refractivity (Wildman–Crippen MR) is 215 cm³/mol. The molecule has 3 N–H and O–H groups in total. The molecule has 5 aliphatic rings. The van der Waals surface area contributed by atoms with Crippen molar-refractivity contribution in [2.24, 2.45) is 16.7 Å². The molecule has 2 aromatic rings. The molecule has 2 saturated carbocycles. The number of aliphatic hydroxyl groups excluding tert-OH is 2. The number of amides is 1. The zero-order valence-corrected chi connectivity index (χ0v) is 36.3. The molecule has 61 heavy (non-hydrogen) atoms. The van der Waals surface area contributed by atoms with Crippen molar-refractivity contribution in [2.75, 3.05) is 6.61 Å². The Morgan fingerprint density at radius 3 is 2.07 bits per heavy atom. The van der Waals surface area contributed by atoms with Gasteiger partial charge >= 0.3 is 24.0 Å². The van der Waals surface area contributed by atoms with Crippen LogP contribution in [0.4, 0.5) is 4.79 Å². The first-order valence-corrected chi connectivity index (χ1v) is 20.7. The molecule has 0 unspecified atom stereocenters. The van der Waals surface area contributed by atoms with E-state index < -0.39 is 118 Å². The first-order valence-electron chi connectivity index (χ1n) is 20.7. The smallest absolute Gasteiger partial charge is 0.413 e. The van der Waals surface area contributed by atoms with Crippen molar-refractivity contribution in [3.8, 4) is 0 Å². The third-order valence-corrected chi connectivity index (χ3v) is 13.7. The number of aliphatic hydroxyl groups is 3. The van der Waals surface area contributed by atoms with Crippen LogP contribution < -0.4 is 0 Å². The van der Waals surface area contributed by atoms with Gasteiger partial charge in [-0.05, 0) is 77.3 Å². The third-order valence-electron chi connectivity index (χ3n) is 13.7. The van der Waals surface area contributed by atoms with Gasteiger partial charge in [-0.2, -0.15) is 0 Å². The summed E-state index contributed by atoms with van der Waals surface area (Å²) in [6, 6.07) is 15.7. The molecule has 2 saturated heterocycles. The highest BCUT2D eigenvalue weighted by Crippen LogP contribution is 2.64. The minimum Gasteiger partial charge on any atom is -0.456 e. The third kappa shape index (κ3) is 6.96. The number of Topliss-reactive ketones (excluding diaryl/α,β-unsaturated/α-hetero) is 1. The van der Waals surface area contributed by atoms with Gasteiger partial charge in [-0.15, -0.1) is 0 Å². The minimum atomic E-state index is -2.31. The molecule has 2 aromatic carbocycles. The first-order chi connectivity index (χ1) is 28.3. The van der Waals surface area contributed by atoms with Crippen LogP contribution in [0.3, 0.4) is 0 Å². The quantitative estimate of drug-likeness (QED) is 0.204. The number of hydrogen-bond donors (Lipinski definition) is 3. The number of nitrogens with zero attached hydrogens (tertiary/aromatic N) is 1. The molecule has 11 atom stereocenters. The lowest BCUT2D eigenvalue weighted by atomic mass is 9.44. The second kappa shape index (κ2) is 15.0. The highest BCUT2D eigenvalue weighted by Gasteiger charge is 2.78. The molecule has 0 radical (unpaired) electrons. The second-order valence-electron chi connectivity index (χ2n) is 19.3. The number of benzene rings is 2. The number of rotatable bonds is 6. The van der Waals surface area contributed by atoms with Gasteiger partial charge in [0.15, 0.2) is 17.5 Å². The monoisotopic (exact) mass is 847 g/mol. The molecule has 2 aliphatic heterocycles. The van der Waals surface area contributed by atoms with Crippen LogP contribution >= 0.6 is 0 Å². The van der Waals surface area contributed by atoms with Gasteiger partial charge in [0.1, 0.15) is 47.4 Å². The van der Waals surface area contributed by atoms with Gasteiger partial charge in [0.25, 0.3) is 0 Å². The number of fused-ring (bicyclic) bond motifs is 5. The highest BCUT2D eigenvalue weighted by atomic mass is 16.6. The van der Waals surface area contributed by atoms with E-state index in [4.69, 9.17) is 28.4 Å². The van der Waals surface area contributed by atoms with Crippen LogP contribution in [0, 0.1) is 16.7 Å². The van der Waals surface area contributed by atoms with E-state index in [1.807, 2.05) is 0 Å².